The highest BCUT2D eigenvalue weighted by Gasteiger charge is 2.07. The first-order chi connectivity index (χ1) is 10.1. The zero-order valence-corrected chi connectivity index (χ0v) is 11.8. The lowest BCUT2D eigenvalue weighted by atomic mass is 10.2. The summed E-state index contributed by atoms with van der Waals surface area (Å²) in [6.07, 6.45) is 0. The largest absolute Gasteiger partial charge is 0.399 e. The number of imidazole rings is 1. The Bertz CT molecular complexity index is 766. The molecule has 3 N–H and O–H groups in total. The summed E-state index contributed by atoms with van der Waals surface area (Å²) in [6.45, 7) is 1.32. The van der Waals surface area contributed by atoms with Crippen LogP contribution in [-0.4, -0.2) is 21.9 Å². The van der Waals surface area contributed by atoms with E-state index in [-0.39, 0.29) is 5.82 Å². The third kappa shape index (κ3) is 3.20. The van der Waals surface area contributed by atoms with Gasteiger partial charge in [-0.3, -0.25) is 4.90 Å². The van der Waals surface area contributed by atoms with E-state index in [0.717, 1.165) is 22.4 Å². The van der Waals surface area contributed by atoms with E-state index in [0.29, 0.717) is 18.8 Å². The second-order valence-corrected chi connectivity index (χ2v) is 5.26. The molecule has 21 heavy (non-hydrogen) atoms. The number of hydrogen-bond donors (Lipinski definition) is 2. The van der Waals surface area contributed by atoms with Gasteiger partial charge in [0.05, 0.1) is 17.6 Å². The van der Waals surface area contributed by atoms with Crippen LogP contribution < -0.4 is 5.73 Å². The van der Waals surface area contributed by atoms with Gasteiger partial charge in [-0.2, -0.15) is 0 Å². The molecule has 3 aromatic rings. The van der Waals surface area contributed by atoms with E-state index in [1.165, 1.54) is 6.07 Å². The van der Waals surface area contributed by atoms with E-state index in [2.05, 4.69) is 14.9 Å². The fraction of sp³-hybridized carbons (Fsp3) is 0.188. The monoisotopic (exact) mass is 284 g/mol. The molecule has 0 atom stereocenters. The predicted molar refractivity (Wildman–Crippen MR) is 82.1 cm³/mol. The fourth-order valence-electron chi connectivity index (χ4n) is 2.41. The van der Waals surface area contributed by atoms with Gasteiger partial charge in [-0.05, 0) is 42.9 Å². The summed E-state index contributed by atoms with van der Waals surface area (Å²) in [4.78, 5) is 9.86. The van der Waals surface area contributed by atoms with Crippen LogP contribution >= 0.6 is 0 Å². The third-order valence-corrected chi connectivity index (χ3v) is 3.32. The summed E-state index contributed by atoms with van der Waals surface area (Å²) in [7, 11) is 1.98. The van der Waals surface area contributed by atoms with Gasteiger partial charge in [0.15, 0.2) is 0 Å². The number of fused-ring (bicyclic) bond motifs is 1. The number of anilines is 1. The summed E-state index contributed by atoms with van der Waals surface area (Å²) in [6, 6.07) is 12.3. The molecule has 108 valence electrons. The fourth-order valence-corrected chi connectivity index (χ4v) is 2.41. The number of nitrogens with one attached hydrogen (secondary N) is 1. The molecule has 0 unspecified atom stereocenters. The SMILES string of the molecule is CN(Cc1cccc(F)c1)Cc1nc2ccc(N)cc2[nH]1. The van der Waals surface area contributed by atoms with Gasteiger partial charge >= 0.3 is 0 Å². The number of nitrogen functional groups attached to an aromatic ring is 1. The van der Waals surface area contributed by atoms with Crippen LogP contribution in [0.2, 0.25) is 0 Å². The van der Waals surface area contributed by atoms with Crippen molar-refractivity contribution in [1.29, 1.82) is 0 Å². The second-order valence-electron chi connectivity index (χ2n) is 5.26. The number of nitrogens with zero attached hydrogens (tertiary/aromatic N) is 2. The minimum Gasteiger partial charge on any atom is -0.399 e. The molecule has 1 heterocycles. The molecule has 0 aliphatic carbocycles. The number of nitrogens with two attached hydrogens (primary N) is 1. The summed E-state index contributed by atoms with van der Waals surface area (Å²) in [5.74, 6) is 0.662. The Kier molecular flexibility index (Phi) is 3.58. The normalized spacial score (nSPS) is 11.4. The van der Waals surface area contributed by atoms with Crippen molar-refractivity contribution in [3.8, 4) is 0 Å². The van der Waals surface area contributed by atoms with Crippen LogP contribution in [0.4, 0.5) is 10.1 Å². The minimum atomic E-state index is -0.208. The highest BCUT2D eigenvalue weighted by Crippen LogP contribution is 2.16. The maximum atomic E-state index is 13.2. The number of benzene rings is 2. The minimum absolute atomic E-state index is 0.208. The predicted octanol–water partition coefficient (Wildman–Crippen LogP) is 2.92. The molecule has 0 fully saturated rings. The maximum absolute atomic E-state index is 13.2. The highest BCUT2D eigenvalue weighted by molar-refractivity contribution is 5.78. The number of aromatic amines is 1. The van der Waals surface area contributed by atoms with Gasteiger partial charge in [0.2, 0.25) is 0 Å². The molecule has 3 rings (SSSR count). The summed E-state index contributed by atoms with van der Waals surface area (Å²) >= 11 is 0. The third-order valence-electron chi connectivity index (χ3n) is 3.32. The molecule has 0 spiro atoms. The number of hydrogen-bond acceptors (Lipinski definition) is 3. The zero-order chi connectivity index (χ0) is 14.8. The smallest absolute Gasteiger partial charge is 0.123 e. The molecule has 2 aromatic carbocycles. The van der Waals surface area contributed by atoms with Gasteiger partial charge < -0.3 is 10.7 Å². The lowest BCUT2D eigenvalue weighted by molar-refractivity contribution is 0.311. The first kappa shape index (κ1) is 13.6. The Hall–Kier alpha value is -2.40. The van der Waals surface area contributed by atoms with Crippen LogP contribution in [0.3, 0.4) is 0 Å². The van der Waals surface area contributed by atoms with Crippen molar-refractivity contribution in [2.24, 2.45) is 0 Å². The van der Waals surface area contributed by atoms with Crippen molar-refractivity contribution in [1.82, 2.24) is 14.9 Å². The Morgan fingerprint density at radius 1 is 1.19 bits per heavy atom. The quantitative estimate of drug-likeness (QED) is 0.724. The number of aromatic nitrogens is 2. The average Bonchev–Trinajstić information content (AvgIpc) is 2.79. The molecule has 0 saturated heterocycles. The van der Waals surface area contributed by atoms with Gasteiger partial charge in [-0.25, -0.2) is 9.37 Å². The van der Waals surface area contributed by atoms with Crippen molar-refractivity contribution < 1.29 is 4.39 Å². The lowest BCUT2D eigenvalue weighted by Gasteiger charge is -2.15. The van der Waals surface area contributed by atoms with E-state index in [9.17, 15) is 4.39 Å². The Morgan fingerprint density at radius 3 is 2.86 bits per heavy atom. The van der Waals surface area contributed by atoms with Gasteiger partial charge in [0, 0.05) is 12.2 Å². The van der Waals surface area contributed by atoms with Crippen LogP contribution in [0.5, 0.6) is 0 Å². The summed E-state index contributed by atoms with van der Waals surface area (Å²) in [5.41, 5.74) is 9.25. The maximum Gasteiger partial charge on any atom is 0.123 e. The van der Waals surface area contributed by atoms with Crippen LogP contribution in [0, 0.1) is 5.82 Å². The van der Waals surface area contributed by atoms with Gasteiger partial charge in [-0.1, -0.05) is 12.1 Å². The van der Waals surface area contributed by atoms with E-state index in [1.807, 2.05) is 31.3 Å². The van der Waals surface area contributed by atoms with Crippen molar-refractivity contribution in [3.63, 3.8) is 0 Å². The molecule has 4 nitrogen and oxygen atoms in total. The number of halogens is 1. The van der Waals surface area contributed by atoms with Crippen LogP contribution in [0.25, 0.3) is 11.0 Å². The van der Waals surface area contributed by atoms with Crippen molar-refractivity contribution in [2.45, 2.75) is 13.1 Å². The first-order valence-electron chi connectivity index (χ1n) is 6.77. The lowest BCUT2D eigenvalue weighted by Crippen LogP contribution is -2.18. The second kappa shape index (κ2) is 5.54. The average molecular weight is 284 g/mol. The zero-order valence-electron chi connectivity index (χ0n) is 11.8. The molecule has 0 bridgehead atoms. The van der Waals surface area contributed by atoms with Crippen molar-refractivity contribution in [3.05, 3.63) is 59.7 Å². The number of rotatable bonds is 4. The Labute approximate surface area is 122 Å². The summed E-state index contributed by atoms with van der Waals surface area (Å²) in [5, 5.41) is 0. The summed E-state index contributed by atoms with van der Waals surface area (Å²) < 4.78 is 13.2. The van der Waals surface area contributed by atoms with E-state index >= 15 is 0 Å². The molecule has 0 radical (unpaired) electrons. The van der Waals surface area contributed by atoms with E-state index in [1.54, 1.807) is 12.1 Å². The molecule has 0 amide bonds. The van der Waals surface area contributed by atoms with Crippen LogP contribution in [0.15, 0.2) is 42.5 Å². The Morgan fingerprint density at radius 2 is 2.05 bits per heavy atom. The van der Waals surface area contributed by atoms with Gasteiger partial charge in [0.25, 0.3) is 0 Å². The topological polar surface area (TPSA) is 57.9 Å². The Balaban J connectivity index is 1.72. The van der Waals surface area contributed by atoms with Crippen molar-refractivity contribution in [2.75, 3.05) is 12.8 Å². The molecular formula is C16H17FN4. The molecule has 0 aliphatic heterocycles. The number of H-pyrrole nitrogens is 1. The molecule has 0 saturated carbocycles. The van der Waals surface area contributed by atoms with Crippen LogP contribution in [-0.2, 0) is 13.1 Å². The molecule has 0 aliphatic rings. The van der Waals surface area contributed by atoms with Crippen molar-refractivity contribution >= 4 is 16.7 Å². The van der Waals surface area contributed by atoms with E-state index in [4.69, 9.17) is 5.73 Å². The molecule has 5 heteroatoms. The standard InChI is InChI=1S/C16H17FN4/c1-21(9-11-3-2-4-12(17)7-11)10-16-19-14-6-5-13(18)8-15(14)20-16/h2-8H,9-10,18H2,1H3,(H,19,20). The van der Waals surface area contributed by atoms with Gasteiger partial charge in [-0.15, -0.1) is 0 Å². The highest BCUT2D eigenvalue weighted by atomic mass is 19.1. The van der Waals surface area contributed by atoms with Gasteiger partial charge in [0.1, 0.15) is 11.6 Å². The van der Waals surface area contributed by atoms with E-state index < -0.39 is 0 Å². The molecule has 1 aromatic heterocycles. The van der Waals surface area contributed by atoms with Crippen LogP contribution in [0.1, 0.15) is 11.4 Å². The molecular weight excluding hydrogens is 267 g/mol. The first-order valence-corrected chi connectivity index (χ1v) is 6.77.